The van der Waals surface area contributed by atoms with Gasteiger partial charge in [-0.25, -0.2) is 9.59 Å². The zero-order valence-electron chi connectivity index (χ0n) is 11.5. The van der Waals surface area contributed by atoms with Crippen LogP contribution in [0.4, 0.5) is 4.79 Å². The van der Waals surface area contributed by atoms with E-state index in [4.69, 9.17) is 9.84 Å². The van der Waals surface area contributed by atoms with Gasteiger partial charge in [0.2, 0.25) is 0 Å². The largest absolute Gasteiger partial charge is 0.479 e. The Hall–Kier alpha value is -0.910. The lowest BCUT2D eigenvalue weighted by Crippen LogP contribution is -2.48. The Kier molecular flexibility index (Phi) is 4.53. The highest BCUT2D eigenvalue weighted by atomic mass is 32.2. The average molecular weight is 275 g/mol. The molecule has 0 saturated carbocycles. The van der Waals surface area contributed by atoms with E-state index in [9.17, 15) is 9.59 Å². The minimum atomic E-state index is -0.992. The summed E-state index contributed by atoms with van der Waals surface area (Å²) in [5.41, 5.74) is -0.616. The van der Waals surface area contributed by atoms with Gasteiger partial charge in [-0.3, -0.25) is 4.90 Å². The quantitative estimate of drug-likeness (QED) is 0.838. The summed E-state index contributed by atoms with van der Waals surface area (Å²) in [6, 6.07) is -0.0917. The van der Waals surface area contributed by atoms with Gasteiger partial charge >= 0.3 is 12.1 Å². The van der Waals surface area contributed by atoms with Gasteiger partial charge in [0, 0.05) is 11.8 Å². The predicted molar refractivity (Wildman–Crippen MR) is 70.6 cm³/mol. The van der Waals surface area contributed by atoms with E-state index in [-0.39, 0.29) is 12.0 Å². The minimum absolute atomic E-state index is 0.0917. The van der Waals surface area contributed by atoms with Gasteiger partial charge in [-0.05, 0) is 26.7 Å². The maximum absolute atomic E-state index is 12.1. The third kappa shape index (κ3) is 3.54. The van der Waals surface area contributed by atoms with Crippen LogP contribution in [-0.2, 0) is 9.53 Å². The zero-order valence-corrected chi connectivity index (χ0v) is 12.3. The van der Waals surface area contributed by atoms with Gasteiger partial charge in [0.15, 0.2) is 5.37 Å². The number of rotatable bonds is 2. The first-order chi connectivity index (χ1) is 8.13. The molecule has 5 nitrogen and oxygen atoms in total. The van der Waals surface area contributed by atoms with E-state index in [1.54, 1.807) is 20.8 Å². The molecular formula is C12H21NO4S. The molecule has 6 heteroatoms. The van der Waals surface area contributed by atoms with E-state index < -0.39 is 23.0 Å². The summed E-state index contributed by atoms with van der Waals surface area (Å²) in [5, 5.41) is 8.32. The first-order valence-corrected chi connectivity index (χ1v) is 7.04. The molecule has 0 aliphatic carbocycles. The summed E-state index contributed by atoms with van der Waals surface area (Å²) >= 11 is 1.27. The Balaban J connectivity index is 2.89. The molecular weight excluding hydrogens is 254 g/mol. The highest BCUT2D eigenvalue weighted by molar-refractivity contribution is 8.00. The summed E-state index contributed by atoms with van der Waals surface area (Å²) in [6.07, 6.45) is -0.543. The third-order valence-electron chi connectivity index (χ3n) is 2.62. The van der Waals surface area contributed by atoms with Gasteiger partial charge in [0.25, 0.3) is 0 Å². The SMILES string of the molecule is CC(C)[C@H]1CSC(C(=O)O)N1C(=O)OC(C)(C)C. The van der Waals surface area contributed by atoms with Crippen molar-refractivity contribution < 1.29 is 19.4 Å². The van der Waals surface area contributed by atoms with Crippen molar-refractivity contribution in [1.82, 2.24) is 4.90 Å². The van der Waals surface area contributed by atoms with E-state index >= 15 is 0 Å². The second kappa shape index (κ2) is 5.38. The minimum Gasteiger partial charge on any atom is -0.479 e. The zero-order chi connectivity index (χ0) is 14.1. The van der Waals surface area contributed by atoms with Gasteiger partial charge in [-0.2, -0.15) is 0 Å². The molecule has 1 heterocycles. The van der Waals surface area contributed by atoms with E-state index in [1.807, 2.05) is 13.8 Å². The number of carboxylic acids is 1. The summed E-state index contributed by atoms with van der Waals surface area (Å²) in [6.45, 7) is 9.27. The number of hydrogen-bond donors (Lipinski definition) is 1. The molecule has 0 bridgehead atoms. The predicted octanol–water partition coefficient (Wildman–Crippen LogP) is 2.41. The van der Waals surface area contributed by atoms with Crippen molar-refractivity contribution >= 4 is 23.8 Å². The second-order valence-corrected chi connectivity index (χ2v) is 6.84. The van der Waals surface area contributed by atoms with E-state index in [2.05, 4.69) is 0 Å². The summed E-state index contributed by atoms with van der Waals surface area (Å²) in [5.74, 6) is -0.156. The summed E-state index contributed by atoms with van der Waals surface area (Å²) in [4.78, 5) is 24.7. The van der Waals surface area contributed by atoms with Gasteiger partial charge in [0.05, 0.1) is 0 Å². The van der Waals surface area contributed by atoms with Crippen molar-refractivity contribution in [3.63, 3.8) is 0 Å². The Morgan fingerprint density at radius 1 is 1.39 bits per heavy atom. The molecule has 2 atom stereocenters. The Morgan fingerprint density at radius 2 is 1.94 bits per heavy atom. The molecule has 1 unspecified atom stereocenters. The number of carbonyl (C=O) groups is 2. The van der Waals surface area contributed by atoms with Crippen LogP contribution in [0.1, 0.15) is 34.6 Å². The number of amides is 1. The van der Waals surface area contributed by atoms with Crippen molar-refractivity contribution in [1.29, 1.82) is 0 Å². The van der Waals surface area contributed by atoms with Gasteiger partial charge in [0.1, 0.15) is 5.60 Å². The lowest BCUT2D eigenvalue weighted by molar-refractivity contribution is -0.140. The smallest absolute Gasteiger partial charge is 0.411 e. The molecule has 1 aliphatic heterocycles. The summed E-state index contributed by atoms with van der Waals surface area (Å²) in [7, 11) is 0. The third-order valence-corrected chi connectivity index (χ3v) is 3.90. The van der Waals surface area contributed by atoms with Crippen LogP contribution in [-0.4, -0.2) is 44.8 Å². The van der Waals surface area contributed by atoms with Crippen LogP contribution in [0, 0.1) is 5.92 Å². The molecule has 1 saturated heterocycles. The Labute approximate surface area is 112 Å². The number of thioether (sulfide) groups is 1. The lowest BCUT2D eigenvalue weighted by atomic mass is 10.1. The standard InChI is InChI=1S/C12H21NO4S/c1-7(2)8-6-18-9(10(14)15)13(8)11(16)17-12(3,4)5/h7-9H,6H2,1-5H3,(H,14,15)/t8-,9?/m1/s1. The first kappa shape index (κ1) is 15.1. The average Bonchev–Trinajstić information content (AvgIpc) is 2.58. The molecule has 1 rings (SSSR count). The number of aliphatic carboxylic acids is 1. The fraction of sp³-hybridized carbons (Fsp3) is 0.833. The maximum atomic E-state index is 12.1. The molecule has 0 aromatic carbocycles. The summed E-state index contributed by atoms with van der Waals surface area (Å²) < 4.78 is 5.29. The molecule has 1 N–H and O–H groups in total. The molecule has 1 fully saturated rings. The molecule has 0 aromatic rings. The topological polar surface area (TPSA) is 66.8 Å². The monoisotopic (exact) mass is 275 g/mol. The van der Waals surface area contributed by atoms with Crippen molar-refractivity contribution in [2.75, 3.05) is 5.75 Å². The van der Waals surface area contributed by atoms with Crippen LogP contribution in [0.3, 0.4) is 0 Å². The number of carboxylic acid groups (broad SMARTS) is 1. The van der Waals surface area contributed by atoms with Crippen molar-refractivity contribution in [2.24, 2.45) is 5.92 Å². The highest BCUT2D eigenvalue weighted by Crippen LogP contribution is 2.34. The first-order valence-electron chi connectivity index (χ1n) is 5.99. The number of hydrogen-bond acceptors (Lipinski definition) is 4. The van der Waals surface area contributed by atoms with Crippen molar-refractivity contribution in [3.05, 3.63) is 0 Å². The fourth-order valence-corrected chi connectivity index (χ4v) is 3.24. The van der Waals surface area contributed by atoms with Gasteiger partial charge in [-0.1, -0.05) is 13.8 Å². The number of ether oxygens (including phenoxy) is 1. The van der Waals surface area contributed by atoms with Crippen LogP contribution in [0.2, 0.25) is 0 Å². The van der Waals surface area contributed by atoms with Crippen LogP contribution in [0.25, 0.3) is 0 Å². The molecule has 18 heavy (non-hydrogen) atoms. The fourth-order valence-electron chi connectivity index (χ4n) is 1.77. The molecule has 0 aromatic heterocycles. The van der Waals surface area contributed by atoms with Crippen LogP contribution < -0.4 is 0 Å². The Bertz CT molecular complexity index is 337. The van der Waals surface area contributed by atoms with Gasteiger partial charge in [-0.15, -0.1) is 11.8 Å². The number of nitrogens with zero attached hydrogens (tertiary/aromatic N) is 1. The van der Waals surface area contributed by atoms with E-state index in [0.29, 0.717) is 5.75 Å². The second-order valence-electron chi connectivity index (χ2n) is 5.72. The molecule has 1 aliphatic rings. The molecule has 0 spiro atoms. The highest BCUT2D eigenvalue weighted by Gasteiger charge is 2.44. The van der Waals surface area contributed by atoms with Crippen LogP contribution in [0.5, 0.6) is 0 Å². The maximum Gasteiger partial charge on any atom is 0.411 e. The molecule has 0 radical (unpaired) electrons. The van der Waals surface area contributed by atoms with E-state index in [0.717, 1.165) is 0 Å². The van der Waals surface area contributed by atoms with Gasteiger partial charge < -0.3 is 9.84 Å². The molecule has 1 amide bonds. The number of carbonyl (C=O) groups excluding carboxylic acids is 1. The lowest BCUT2D eigenvalue weighted by Gasteiger charge is -2.31. The van der Waals surface area contributed by atoms with E-state index in [1.165, 1.54) is 16.7 Å². The van der Waals surface area contributed by atoms with Crippen molar-refractivity contribution in [2.45, 2.75) is 51.6 Å². The van der Waals surface area contributed by atoms with Crippen LogP contribution >= 0.6 is 11.8 Å². The van der Waals surface area contributed by atoms with Crippen LogP contribution in [0.15, 0.2) is 0 Å². The normalized spacial score (nSPS) is 24.4. The van der Waals surface area contributed by atoms with Crippen molar-refractivity contribution in [3.8, 4) is 0 Å². The molecule has 104 valence electrons. The Morgan fingerprint density at radius 3 is 2.33 bits per heavy atom.